The first-order valence-corrected chi connectivity index (χ1v) is 22.4. The zero-order valence-corrected chi connectivity index (χ0v) is 29.6. The molecule has 0 saturated heterocycles. The molecule has 2 N–H and O–H groups in total. The minimum Gasteiger partial charge on any atom is -0.414 e. The van der Waals surface area contributed by atoms with Crippen LogP contribution in [0.4, 0.5) is 0 Å². The Kier molecular flexibility index (Phi) is 12.9. The van der Waals surface area contributed by atoms with E-state index in [4.69, 9.17) is 19.0 Å². The smallest absolute Gasteiger partial charge is 0.220 e. The summed E-state index contributed by atoms with van der Waals surface area (Å²) in [5.74, 6) is -0.0139. The maximum Gasteiger partial charge on any atom is 0.220 e. The molecular formula is C27H61N2O4Si3. The van der Waals surface area contributed by atoms with Gasteiger partial charge in [-0.3, -0.25) is 10.5 Å². The molecule has 0 saturated carbocycles. The highest BCUT2D eigenvalue weighted by Crippen LogP contribution is 2.40. The van der Waals surface area contributed by atoms with Crippen molar-refractivity contribution in [3.63, 3.8) is 0 Å². The van der Waals surface area contributed by atoms with E-state index in [0.717, 1.165) is 6.42 Å². The van der Waals surface area contributed by atoms with E-state index >= 15 is 0 Å². The third-order valence-corrected chi connectivity index (χ3v) is 22.2. The molecule has 0 bridgehead atoms. The largest absolute Gasteiger partial charge is 0.414 e. The third-order valence-electron chi connectivity index (χ3n) is 8.78. The van der Waals surface area contributed by atoms with Crippen molar-refractivity contribution in [1.82, 2.24) is 11.1 Å². The monoisotopic (exact) mass is 561 g/mol. The minimum absolute atomic E-state index is 0.0139. The highest BCUT2D eigenvalue weighted by atomic mass is 28.4. The van der Waals surface area contributed by atoms with Crippen LogP contribution in [0.25, 0.3) is 0 Å². The van der Waals surface area contributed by atoms with E-state index in [2.05, 4.69) is 107 Å². The van der Waals surface area contributed by atoms with Gasteiger partial charge in [-0.25, -0.2) is 0 Å². The van der Waals surface area contributed by atoms with Gasteiger partial charge in [-0.15, -0.1) is 0 Å². The van der Waals surface area contributed by atoms with Gasteiger partial charge in [0.2, 0.25) is 5.91 Å². The summed E-state index contributed by atoms with van der Waals surface area (Å²) < 4.78 is 20.3. The number of rotatable bonds is 14. The molecule has 6 nitrogen and oxygen atoms in total. The Balaban J connectivity index is 6.31. The van der Waals surface area contributed by atoms with Gasteiger partial charge in [-0.05, 0) is 67.2 Å². The van der Waals surface area contributed by atoms with E-state index < -0.39 is 30.5 Å². The fourth-order valence-corrected chi connectivity index (χ4v) is 5.82. The predicted molar refractivity (Wildman–Crippen MR) is 162 cm³/mol. The molecule has 215 valence electrons. The van der Waals surface area contributed by atoms with Crippen LogP contribution in [-0.2, 0) is 18.1 Å². The summed E-state index contributed by atoms with van der Waals surface area (Å²) in [6, 6.07) is 0. The summed E-state index contributed by atoms with van der Waals surface area (Å²) in [5, 5.41) is 3.51. The van der Waals surface area contributed by atoms with Crippen LogP contribution in [-0.4, -0.2) is 62.8 Å². The van der Waals surface area contributed by atoms with E-state index in [1.54, 1.807) is 0 Å². The van der Waals surface area contributed by atoms with E-state index in [1.165, 1.54) is 0 Å². The molecule has 0 aromatic heterocycles. The standard InChI is InChI=1S/C27H61N2O4Si3/c1-24(2,3)34(10,11)31-20-27(29-23(30)18-16-17-19-28,21-32-35(12,13)25(4,5)6)22-33-36(14,15)26(7,8)9/h28H,16-22H2,1-15H3,(H,29,30). The van der Waals surface area contributed by atoms with Gasteiger partial charge in [0.05, 0.1) is 19.8 Å². The highest BCUT2D eigenvalue weighted by molar-refractivity contribution is 6.75. The Morgan fingerprint density at radius 1 is 0.639 bits per heavy atom. The first-order chi connectivity index (χ1) is 15.8. The lowest BCUT2D eigenvalue weighted by atomic mass is 10.0. The number of carbonyl (C=O) groups excluding carboxylic acids is 1. The van der Waals surface area contributed by atoms with Crippen molar-refractivity contribution in [2.24, 2.45) is 0 Å². The summed E-state index contributed by atoms with van der Waals surface area (Å²) in [5.41, 5.74) is 6.66. The first kappa shape index (κ1) is 36.0. The lowest BCUT2D eigenvalue weighted by Gasteiger charge is -2.46. The van der Waals surface area contributed by atoms with Gasteiger partial charge in [0, 0.05) is 13.0 Å². The van der Waals surface area contributed by atoms with Crippen molar-refractivity contribution in [2.75, 3.05) is 26.4 Å². The van der Waals surface area contributed by atoms with Crippen LogP contribution in [0.2, 0.25) is 54.4 Å². The summed E-state index contributed by atoms with van der Waals surface area (Å²) in [6.45, 7) is 35.1. The average molecular weight is 562 g/mol. The lowest BCUT2D eigenvalue weighted by Crippen LogP contribution is -2.63. The third kappa shape index (κ3) is 11.0. The average Bonchev–Trinajstić information content (AvgIpc) is 2.67. The maximum atomic E-state index is 13.2. The summed E-state index contributed by atoms with van der Waals surface area (Å²) in [7, 11) is -6.25. The van der Waals surface area contributed by atoms with Gasteiger partial charge in [0.25, 0.3) is 0 Å². The van der Waals surface area contributed by atoms with Crippen LogP contribution >= 0.6 is 0 Å². The molecule has 1 radical (unpaired) electrons. The number of hydrogen-bond donors (Lipinski definition) is 1. The van der Waals surface area contributed by atoms with Crippen LogP contribution in [0.1, 0.15) is 81.6 Å². The molecule has 36 heavy (non-hydrogen) atoms. The highest BCUT2D eigenvalue weighted by Gasteiger charge is 2.46. The molecule has 0 aliphatic rings. The molecule has 0 unspecified atom stereocenters. The summed E-state index contributed by atoms with van der Waals surface area (Å²) in [6.07, 6.45) is 1.84. The molecule has 0 spiro atoms. The first-order valence-electron chi connectivity index (χ1n) is 13.7. The van der Waals surface area contributed by atoms with Crippen molar-refractivity contribution in [2.45, 2.75) is 142 Å². The van der Waals surface area contributed by atoms with Gasteiger partial charge in [-0.2, -0.15) is 0 Å². The number of carbonyl (C=O) groups is 1. The van der Waals surface area contributed by atoms with Crippen LogP contribution < -0.4 is 11.1 Å². The van der Waals surface area contributed by atoms with Crippen molar-refractivity contribution < 1.29 is 18.1 Å². The molecule has 0 aliphatic carbocycles. The van der Waals surface area contributed by atoms with Crippen molar-refractivity contribution in [3.8, 4) is 0 Å². The molecule has 0 atom stereocenters. The quantitative estimate of drug-likeness (QED) is 0.177. The Bertz CT molecular complexity index is 617. The molecule has 9 heteroatoms. The number of unbranched alkanes of at least 4 members (excludes halogenated alkanes) is 1. The number of amides is 1. The van der Waals surface area contributed by atoms with E-state index in [9.17, 15) is 4.79 Å². The summed E-state index contributed by atoms with van der Waals surface area (Å²) >= 11 is 0. The molecular weight excluding hydrogens is 501 g/mol. The molecule has 0 rings (SSSR count). The van der Waals surface area contributed by atoms with Gasteiger partial charge in [-0.1, -0.05) is 62.3 Å². The van der Waals surface area contributed by atoms with Crippen LogP contribution in [0, 0.1) is 0 Å². The van der Waals surface area contributed by atoms with Gasteiger partial charge in [0.1, 0.15) is 5.54 Å². The Morgan fingerprint density at radius 3 is 1.19 bits per heavy atom. The zero-order chi connectivity index (χ0) is 28.9. The molecule has 0 aliphatic heterocycles. The van der Waals surface area contributed by atoms with Crippen molar-refractivity contribution in [1.29, 1.82) is 0 Å². The normalized spacial score (nSPS) is 14.8. The summed E-state index contributed by atoms with van der Waals surface area (Å²) in [4.78, 5) is 13.2. The lowest BCUT2D eigenvalue weighted by molar-refractivity contribution is -0.125. The van der Waals surface area contributed by atoms with Gasteiger partial charge < -0.3 is 18.6 Å². The molecule has 0 aromatic carbocycles. The van der Waals surface area contributed by atoms with Crippen molar-refractivity contribution in [3.05, 3.63) is 0 Å². The fourth-order valence-electron chi connectivity index (χ4n) is 2.61. The maximum absolute atomic E-state index is 13.2. The zero-order valence-electron chi connectivity index (χ0n) is 26.6. The molecule has 0 aromatic rings. The predicted octanol–water partition coefficient (Wildman–Crippen LogP) is 7.36. The minimum atomic E-state index is -2.08. The molecule has 0 heterocycles. The Labute approximate surface area is 227 Å². The van der Waals surface area contributed by atoms with Crippen LogP contribution in [0.15, 0.2) is 0 Å². The van der Waals surface area contributed by atoms with Crippen LogP contribution in [0.3, 0.4) is 0 Å². The second kappa shape index (κ2) is 12.9. The fraction of sp³-hybridized carbons (Fsp3) is 0.963. The number of hydrogen-bond acceptors (Lipinski definition) is 4. The Hall–Kier alpha value is -0.0394. The second-order valence-corrected chi connectivity index (χ2v) is 29.6. The van der Waals surface area contributed by atoms with E-state index in [0.29, 0.717) is 39.2 Å². The second-order valence-electron chi connectivity index (χ2n) is 15.2. The molecule has 0 fully saturated rings. The van der Waals surface area contributed by atoms with Crippen molar-refractivity contribution >= 4 is 30.9 Å². The Morgan fingerprint density at radius 2 is 0.944 bits per heavy atom. The van der Waals surface area contributed by atoms with E-state index in [1.807, 2.05) is 0 Å². The van der Waals surface area contributed by atoms with Gasteiger partial charge in [0.15, 0.2) is 25.0 Å². The molecule has 1 amide bonds. The number of nitrogens with one attached hydrogen (secondary N) is 2. The van der Waals surface area contributed by atoms with E-state index in [-0.39, 0.29) is 21.0 Å². The van der Waals surface area contributed by atoms with Gasteiger partial charge >= 0.3 is 0 Å². The van der Waals surface area contributed by atoms with Crippen LogP contribution in [0.5, 0.6) is 0 Å². The SMILES string of the molecule is CC(C)(C)[Si](C)(C)OCC(CO[Si](C)(C)C(C)(C)C)(CO[Si](C)(C)C(C)(C)C)NC(=O)CCCC[NH]. The topological polar surface area (TPSA) is 80.6 Å².